The first kappa shape index (κ1) is 13.5. The summed E-state index contributed by atoms with van der Waals surface area (Å²) >= 11 is 0. The van der Waals surface area contributed by atoms with Crippen LogP contribution in [-0.2, 0) is 12.0 Å². The zero-order valence-corrected chi connectivity index (χ0v) is 12.2. The first-order valence-corrected chi connectivity index (χ1v) is 6.78. The third-order valence-corrected chi connectivity index (χ3v) is 3.39. The van der Waals surface area contributed by atoms with Gasteiger partial charge >= 0.3 is 0 Å². The highest BCUT2D eigenvalue weighted by atomic mass is 16.4. The van der Waals surface area contributed by atoms with Crippen LogP contribution in [0.15, 0.2) is 34.9 Å². The summed E-state index contributed by atoms with van der Waals surface area (Å²) in [5.41, 5.74) is 0.677. The van der Waals surface area contributed by atoms with Gasteiger partial charge in [-0.15, -0.1) is 0 Å². The Morgan fingerprint density at radius 1 is 1.10 bits per heavy atom. The number of amides is 2. The maximum Gasteiger partial charge on any atom is 0.261 e. The summed E-state index contributed by atoms with van der Waals surface area (Å²) in [6.45, 7) is 6.08. The molecule has 2 amide bonds. The zero-order valence-electron chi connectivity index (χ0n) is 12.2. The largest absolute Gasteiger partial charge is 0.443 e. The fourth-order valence-electron chi connectivity index (χ4n) is 2.27. The van der Waals surface area contributed by atoms with E-state index in [0.29, 0.717) is 22.8 Å². The van der Waals surface area contributed by atoms with Crippen LogP contribution in [-0.4, -0.2) is 21.7 Å². The number of benzene rings is 1. The Bertz CT molecular complexity index is 690. The molecule has 1 aromatic carbocycles. The number of oxazole rings is 1. The van der Waals surface area contributed by atoms with Gasteiger partial charge in [-0.05, 0) is 12.1 Å². The molecule has 0 spiro atoms. The molecule has 0 radical (unpaired) electrons. The summed E-state index contributed by atoms with van der Waals surface area (Å²) in [4.78, 5) is 29.9. The van der Waals surface area contributed by atoms with E-state index in [0.717, 1.165) is 0 Å². The molecule has 0 fully saturated rings. The van der Waals surface area contributed by atoms with Gasteiger partial charge in [-0.3, -0.25) is 14.5 Å². The number of aromatic nitrogens is 1. The molecule has 0 aliphatic carbocycles. The monoisotopic (exact) mass is 284 g/mol. The van der Waals surface area contributed by atoms with Gasteiger partial charge in [-0.2, -0.15) is 0 Å². The van der Waals surface area contributed by atoms with Gasteiger partial charge in [0, 0.05) is 5.41 Å². The van der Waals surface area contributed by atoms with Gasteiger partial charge in [-0.1, -0.05) is 32.9 Å². The molecule has 5 nitrogen and oxygen atoms in total. The standard InChI is InChI=1S/C16H16N2O3/c1-16(2,3)15-17-8-10(21-15)9-18-13(19)11-6-4-5-7-12(11)14(18)20/h4-8H,9H2,1-3H3. The lowest BCUT2D eigenvalue weighted by molar-refractivity contribution is 0.0630. The number of fused-ring (bicyclic) bond motifs is 1. The van der Waals surface area contributed by atoms with E-state index in [1.807, 2.05) is 20.8 Å². The second kappa shape index (κ2) is 4.55. The predicted octanol–water partition coefficient (Wildman–Crippen LogP) is 2.77. The molecule has 2 heterocycles. The lowest BCUT2D eigenvalue weighted by atomic mass is 9.97. The van der Waals surface area contributed by atoms with E-state index in [-0.39, 0.29) is 23.8 Å². The highest BCUT2D eigenvalue weighted by molar-refractivity contribution is 6.21. The average molecular weight is 284 g/mol. The smallest absolute Gasteiger partial charge is 0.261 e. The van der Waals surface area contributed by atoms with Crippen molar-refractivity contribution in [3.63, 3.8) is 0 Å². The van der Waals surface area contributed by atoms with Crippen LogP contribution in [0.1, 0.15) is 53.1 Å². The van der Waals surface area contributed by atoms with E-state index < -0.39 is 0 Å². The van der Waals surface area contributed by atoms with E-state index in [1.54, 1.807) is 30.5 Å². The molecule has 0 bridgehead atoms. The molecule has 5 heteroatoms. The van der Waals surface area contributed by atoms with Crippen LogP contribution in [0.2, 0.25) is 0 Å². The first-order valence-electron chi connectivity index (χ1n) is 6.78. The second-order valence-electron chi connectivity index (χ2n) is 6.12. The van der Waals surface area contributed by atoms with Crippen LogP contribution < -0.4 is 0 Å². The fraction of sp³-hybridized carbons (Fsp3) is 0.312. The van der Waals surface area contributed by atoms with E-state index in [2.05, 4.69) is 4.98 Å². The Balaban J connectivity index is 1.86. The number of carbonyl (C=O) groups is 2. The van der Waals surface area contributed by atoms with Crippen molar-refractivity contribution >= 4 is 11.8 Å². The Labute approximate surface area is 122 Å². The predicted molar refractivity (Wildman–Crippen MR) is 75.8 cm³/mol. The summed E-state index contributed by atoms with van der Waals surface area (Å²) < 4.78 is 5.65. The molecule has 1 aliphatic heterocycles. The Hall–Kier alpha value is -2.43. The fourth-order valence-corrected chi connectivity index (χ4v) is 2.27. The van der Waals surface area contributed by atoms with Gasteiger partial charge in [0.25, 0.3) is 11.8 Å². The number of rotatable bonds is 2. The summed E-state index contributed by atoms with van der Waals surface area (Å²) in [5, 5.41) is 0. The van der Waals surface area contributed by atoms with Crippen molar-refractivity contribution in [2.24, 2.45) is 0 Å². The van der Waals surface area contributed by atoms with Gasteiger partial charge in [0.1, 0.15) is 5.76 Å². The van der Waals surface area contributed by atoms with Crippen LogP contribution >= 0.6 is 0 Å². The third-order valence-electron chi connectivity index (χ3n) is 3.39. The van der Waals surface area contributed by atoms with Crippen molar-refractivity contribution in [2.45, 2.75) is 32.7 Å². The molecule has 0 saturated heterocycles. The summed E-state index contributed by atoms with van der Waals surface area (Å²) in [6.07, 6.45) is 1.57. The van der Waals surface area contributed by atoms with E-state index >= 15 is 0 Å². The van der Waals surface area contributed by atoms with Crippen molar-refractivity contribution in [1.82, 2.24) is 9.88 Å². The van der Waals surface area contributed by atoms with Gasteiger partial charge < -0.3 is 4.42 Å². The van der Waals surface area contributed by atoms with Gasteiger partial charge in [0.15, 0.2) is 5.89 Å². The molecule has 2 aromatic rings. The van der Waals surface area contributed by atoms with Crippen molar-refractivity contribution in [3.05, 3.63) is 53.2 Å². The lowest BCUT2D eigenvalue weighted by Crippen LogP contribution is -2.28. The molecule has 0 unspecified atom stereocenters. The summed E-state index contributed by atoms with van der Waals surface area (Å²) in [6, 6.07) is 6.83. The molecule has 0 saturated carbocycles. The van der Waals surface area contributed by atoms with Crippen molar-refractivity contribution in [1.29, 1.82) is 0 Å². The topological polar surface area (TPSA) is 63.4 Å². The van der Waals surface area contributed by atoms with Crippen LogP contribution in [0.3, 0.4) is 0 Å². The maximum absolute atomic E-state index is 12.3. The highest BCUT2D eigenvalue weighted by Crippen LogP contribution is 2.26. The lowest BCUT2D eigenvalue weighted by Gasteiger charge is -2.13. The number of imide groups is 1. The van der Waals surface area contributed by atoms with Crippen molar-refractivity contribution in [2.75, 3.05) is 0 Å². The highest BCUT2D eigenvalue weighted by Gasteiger charge is 2.35. The van der Waals surface area contributed by atoms with Gasteiger partial charge in [0.05, 0.1) is 23.9 Å². The number of nitrogens with zero attached hydrogens (tertiary/aromatic N) is 2. The molecular weight excluding hydrogens is 268 g/mol. The van der Waals surface area contributed by atoms with E-state index in [9.17, 15) is 9.59 Å². The van der Waals surface area contributed by atoms with Gasteiger partial charge in [0.2, 0.25) is 0 Å². The average Bonchev–Trinajstić information content (AvgIpc) is 2.99. The van der Waals surface area contributed by atoms with Crippen LogP contribution in [0.25, 0.3) is 0 Å². The molecule has 0 atom stereocenters. The van der Waals surface area contributed by atoms with Crippen LogP contribution in [0, 0.1) is 0 Å². The minimum atomic E-state index is -0.288. The van der Waals surface area contributed by atoms with Crippen molar-refractivity contribution in [3.8, 4) is 0 Å². The van der Waals surface area contributed by atoms with E-state index in [1.165, 1.54) is 4.90 Å². The number of hydrogen-bond acceptors (Lipinski definition) is 4. The molecular formula is C16H16N2O3. The zero-order chi connectivity index (χ0) is 15.2. The molecule has 108 valence electrons. The quantitative estimate of drug-likeness (QED) is 0.795. The number of carbonyl (C=O) groups excluding carboxylic acids is 2. The minimum Gasteiger partial charge on any atom is -0.443 e. The Kier molecular flexibility index (Phi) is 2.93. The van der Waals surface area contributed by atoms with Crippen molar-refractivity contribution < 1.29 is 14.0 Å². The van der Waals surface area contributed by atoms with Crippen LogP contribution in [0.4, 0.5) is 0 Å². The van der Waals surface area contributed by atoms with Crippen LogP contribution in [0.5, 0.6) is 0 Å². The SMILES string of the molecule is CC(C)(C)c1ncc(CN2C(=O)c3ccccc3C2=O)o1. The second-order valence-corrected chi connectivity index (χ2v) is 6.12. The summed E-state index contributed by atoms with van der Waals surface area (Å²) in [7, 11) is 0. The molecule has 1 aromatic heterocycles. The molecule has 3 rings (SSSR count). The molecule has 0 N–H and O–H groups in total. The normalized spacial score (nSPS) is 14.7. The molecule has 1 aliphatic rings. The molecule has 21 heavy (non-hydrogen) atoms. The Morgan fingerprint density at radius 2 is 1.67 bits per heavy atom. The van der Waals surface area contributed by atoms with Gasteiger partial charge in [-0.25, -0.2) is 4.98 Å². The Morgan fingerprint density at radius 3 is 2.14 bits per heavy atom. The third kappa shape index (κ3) is 2.24. The number of hydrogen-bond donors (Lipinski definition) is 0. The van der Waals surface area contributed by atoms with E-state index in [4.69, 9.17) is 4.42 Å². The first-order chi connectivity index (χ1) is 9.88. The maximum atomic E-state index is 12.3. The summed E-state index contributed by atoms with van der Waals surface area (Å²) in [5.74, 6) is 0.525. The minimum absolute atomic E-state index is 0.107.